The van der Waals surface area contributed by atoms with Gasteiger partial charge in [0.1, 0.15) is 0 Å². The zero-order chi connectivity index (χ0) is 19.4. The molecule has 4 nitrogen and oxygen atoms in total. The Morgan fingerprint density at radius 3 is 2.43 bits per heavy atom. The van der Waals surface area contributed by atoms with Crippen LogP contribution in [0, 0.1) is 46.3 Å². The molecule has 0 aliphatic heterocycles. The Bertz CT molecular complexity index is 580. The third-order valence-corrected chi connectivity index (χ3v) is 10.2. The van der Waals surface area contributed by atoms with E-state index in [-0.39, 0.29) is 18.7 Å². The highest BCUT2D eigenvalue weighted by atomic mass is 16.4. The third-order valence-electron chi connectivity index (χ3n) is 10.2. The number of fused-ring (bicyclic) bond motifs is 5. The highest BCUT2D eigenvalue weighted by Gasteiger charge is 2.60. The first-order valence-corrected chi connectivity index (χ1v) is 11.6. The summed E-state index contributed by atoms with van der Waals surface area (Å²) in [7, 11) is 0. The van der Waals surface area contributed by atoms with Gasteiger partial charge in [0.2, 0.25) is 0 Å². The Labute approximate surface area is 171 Å². The van der Waals surface area contributed by atoms with Crippen LogP contribution in [0.5, 0.6) is 0 Å². The van der Waals surface area contributed by atoms with Gasteiger partial charge in [0, 0.05) is 5.97 Å². The number of quaternary nitrogens is 1. The van der Waals surface area contributed by atoms with Gasteiger partial charge in [-0.3, -0.25) is 0 Å². The van der Waals surface area contributed by atoms with Gasteiger partial charge >= 0.3 is 0 Å². The molecule has 4 fully saturated rings. The highest BCUT2D eigenvalue weighted by molar-refractivity contribution is 5.64. The van der Waals surface area contributed by atoms with E-state index in [4.69, 9.17) is 0 Å². The van der Waals surface area contributed by atoms with E-state index in [2.05, 4.69) is 20.8 Å². The SMILES string of the molecule is C[C@H](CCC(=O)[O-])[C@H]1CC[C@H]2[C@@H]3CC[C@@H]4C[C@H](O)CC[C@]4(C)C3CC[C@]12C.[NH4+]. The summed E-state index contributed by atoms with van der Waals surface area (Å²) in [6.45, 7) is 7.38. The van der Waals surface area contributed by atoms with Crippen LogP contribution in [0.1, 0.15) is 91.4 Å². The molecule has 162 valence electrons. The molecule has 4 aliphatic carbocycles. The van der Waals surface area contributed by atoms with Crippen LogP contribution >= 0.6 is 0 Å². The largest absolute Gasteiger partial charge is 0.550 e. The molecule has 0 amide bonds. The molecule has 0 aromatic rings. The van der Waals surface area contributed by atoms with Gasteiger partial charge in [0.15, 0.2) is 0 Å². The van der Waals surface area contributed by atoms with Crippen LogP contribution in [0.3, 0.4) is 0 Å². The van der Waals surface area contributed by atoms with Crippen LogP contribution in [0.15, 0.2) is 0 Å². The molecular formula is C24H43NO3. The van der Waals surface area contributed by atoms with Crippen LogP contribution < -0.4 is 11.3 Å². The van der Waals surface area contributed by atoms with Gasteiger partial charge in [-0.1, -0.05) is 20.8 Å². The van der Waals surface area contributed by atoms with E-state index in [1.165, 1.54) is 44.9 Å². The van der Waals surface area contributed by atoms with Crippen LogP contribution in [-0.4, -0.2) is 17.2 Å². The first-order valence-electron chi connectivity index (χ1n) is 11.6. The molecule has 0 aromatic carbocycles. The Balaban J connectivity index is 0.00000225. The predicted molar refractivity (Wildman–Crippen MR) is 111 cm³/mol. The van der Waals surface area contributed by atoms with Crippen molar-refractivity contribution in [1.29, 1.82) is 0 Å². The summed E-state index contributed by atoms with van der Waals surface area (Å²) in [5, 5.41) is 21.1. The van der Waals surface area contributed by atoms with E-state index in [9.17, 15) is 15.0 Å². The number of carboxylic acids is 1. The van der Waals surface area contributed by atoms with Crippen molar-refractivity contribution in [2.75, 3.05) is 0 Å². The molecule has 0 spiro atoms. The molecule has 1 unspecified atom stereocenters. The fourth-order valence-electron chi connectivity index (χ4n) is 8.76. The topological polar surface area (TPSA) is 96.9 Å². The number of carbonyl (C=O) groups excluding carboxylic acids is 1. The van der Waals surface area contributed by atoms with Gasteiger partial charge in [-0.2, -0.15) is 0 Å². The van der Waals surface area contributed by atoms with E-state index in [0.717, 1.165) is 42.9 Å². The summed E-state index contributed by atoms with van der Waals surface area (Å²) in [6.07, 6.45) is 12.2. The quantitative estimate of drug-likeness (QED) is 0.733. The van der Waals surface area contributed by atoms with Gasteiger partial charge in [0.25, 0.3) is 0 Å². The lowest BCUT2D eigenvalue weighted by atomic mass is 9.44. The number of hydrogen-bond donors (Lipinski definition) is 2. The summed E-state index contributed by atoms with van der Waals surface area (Å²) < 4.78 is 0. The molecule has 0 bridgehead atoms. The van der Waals surface area contributed by atoms with E-state index in [1.807, 2.05) is 0 Å². The van der Waals surface area contributed by atoms with Gasteiger partial charge in [-0.25, -0.2) is 0 Å². The maximum absolute atomic E-state index is 10.9. The third kappa shape index (κ3) is 3.43. The van der Waals surface area contributed by atoms with E-state index in [0.29, 0.717) is 22.7 Å². The zero-order valence-corrected chi connectivity index (χ0v) is 18.6. The molecule has 0 radical (unpaired) electrons. The Kier molecular flexibility index (Phi) is 6.23. The van der Waals surface area contributed by atoms with Crippen molar-refractivity contribution in [3.05, 3.63) is 0 Å². The minimum absolute atomic E-state index is 0. The maximum Gasteiger partial charge on any atom is 0.0543 e. The van der Waals surface area contributed by atoms with Crippen molar-refractivity contribution < 1.29 is 15.0 Å². The summed E-state index contributed by atoms with van der Waals surface area (Å²) in [5.74, 6) is 3.55. The Morgan fingerprint density at radius 2 is 1.71 bits per heavy atom. The first-order chi connectivity index (χ1) is 12.8. The average molecular weight is 394 g/mol. The van der Waals surface area contributed by atoms with Crippen LogP contribution in [-0.2, 0) is 4.79 Å². The normalized spacial score (nSPS) is 48.6. The molecular weight excluding hydrogens is 350 g/mol. The minimum atomic E-state index is -0.893. The van der Waals surface area contributed by atoms with E-state index < -0.39 is 5.97 Å². The Morgan fingerprint density at radius 1 is 1.04 bits per heavy atom. The second kappa shape index (κ2) is 7.91. The van der Waals surface area contributed by atoms with Crippen LogP contribution in [0.4, 0.5) is 0 Å². The molecule has 9 atom stereocenters. The van der Waals surface area contributed by atoms with Crippen molar-refractivity contribution in [2.45, 2.75) is 97.5 Å². The summed E-state index contributed by atoms with van der Waals surface area (Å²) >= 11 is 0. The number of hydrogen-bond acceptors (Lipinski definition) is 3. The standard InChI is InChI=1S/C24H40O3.H3N/c1-15(4-9-22(26)27)19-7-8-20-18-6-5-16-14-17(25)10-12-23(16,2)21(18)11-13-24(19,20)3;/h15-21,25H,4-14H2,1-3H3,(H,26,27);1H3/t15-,16-,17-,18+,19-,20+,21?,23+,24-;/m1./s1. The van der Waals surface area contributed by atoms with Gasteiger partial charge < -0.3 is 21.2 Å². The smallest absolute Gasteiger partial charge is 0.0543 e. The molecule has 0 saturated heterocycles. The maximum atomic E-state index is 10.9. The molecule has 28 heavy (non-hydrogen) atoms. The van der Waals surface area contributed by atoms with Crippen molar-refractivity contribution in [3.63, 3.8) is 0 Å². The lowest BCUT2D eigenvalue weighted by Crippen LogP contribution is -2.54. The van der Waals surface area contributed by atoms with Crippen molar-refractivity contribution >= 4 is 5.97 Å². The molecule has 4 saturated carbocycles. The molecule has 4 aliphatic rings. The number of carbonyl (C=O) groups is 1. The monoisotopic (exact) mass is 393 g/mol. The number of aliphatic carboxylic acids is 1. The average Bonchev–Trinajstić information content (AvgIpc) is 2.97. The predicted octanol–water partition coefficient (Wildman–Crippen LogP) is 4.55. The van der Waals surface area contributed by atoms with Crippen molar-refractivity contribution in [1.82, 2.24) is 6.15 Å². The zero-order valence-electron chi connectivity index (χ0n) is 18.6. The summed E-state index contributed by atoms with van der Waals surface area (Å²) in [6, 6.07) is 0. The van der Waals surface area contributed by atoms with Gasteiger partial charge in [0.05, 0.1) is 6.10 Å². The lowest BCUT2D eigenvalue weighted by molar-refractivity contribution is -0.306. The molecule has 4 heteroatoms. The molecule has 0 heterocycles. The van der Waals surface area contributed by atoms with Crippen LogP contribution in [0.2, 0.25) is 0 Å². The first kappa shape index (κ1) is 22.1. The van der Waals surface area contributed by atoms with Crippen molar-refractivity contribution in [3.8, 4) is 0 Å². The number of aliphatic hydroxyl groups excluding tert-OH is 1. The minimum Gasteiger partial charge on any atom is -0.550 e. The molecule has 4 rings (SSSR count). The van der Waals surface area contributed by atoms with Crippen molar-refractivity contribution in [2.24, 2.45) is 46.3 Å². The number of rotatable bonds is 4. The second-order valence-electron chi connectivity index (χ2n) is 11.2. The number of carboxylic acid groups (broad SMARTS) is 1. The fraction of sp³-hybridized carbons (Fsp3) is 0.958. The summed E-state index contributed by atoms with van der Waals surface area (Å²) in [5.41, 5.74) is 0.853. The number of aliphatic hydroxyl groups is 1. The van der Waals surface area contributed by atoms with Gasteiger partial charge in [-0.15, -0.1) is 0 Å². The summed E-state index contributed by atoms with van der Waals surface area (Å²) in [4.78, 5) is 10.9. The van der Waals surface area contributed by atoms with E-state index >= 15 is 0 Å². The molecule has 0 aromatic heterocycles. The lowest BCUT2D eigenvalue weighted by Gasteiger charge is -2.61. The highest BCUT2D eigenvalue weighted by Crippen LogP contribution is 2.68. The van der Waals surface area contributed by atoms with E-state index in [1.54, 1.807) is 0 Å². The fourth-order valence-corrected chi connectivity index (χ4v) is 8.76. The molecule has 5 N–H and O–H groups in total. The second-order valence-corrected chi connectivity index (χ2v) is 11.2. The van der Waals surface area contributed by atoms with Gasteiger partial charge in [-0.05, 0) is 117 Å². The van der Waals surface area contributed by atoms with Crippen LogP contribution in [0.25, 0.3) is 0 Å². The Hall–Kier alpha value is -0.610.